The Kier molecular flexibility index (Phi) is 8.08. The Bertz CT molecular complexity index is 1170. The molecule has 1 aromatic heterocycles. The number of aromatic nitrogens is 3. The van der Waals surface area contributed by atoms with Gasteiger partial charge in [-0.15, -0.1) is 5.10 Å². The average molecular weight is 478 g/mol. The maximum atomic E-state index is 12.8. The van der Waals surface area contributed by atoms with E-state index in [0.717, 1.165) is 40.7 Å². The molecule has 1 N–H and O–H groups in total. The number of allylic oxidation sites excluding steroid dienone is 1. The summed E-state index contributed by atoms with van der Waals surface area (Å²) in [5.41, 5.74) is 7.04. The van der Waals surface area contributed by atoms with Crippen LogP contribution in [-0.2, 0) is 29.1 Å². The Labute approximate surface area is 205 Å². The fourth-order valence-corrected chi connectivity index (χ4v) is 4.64. The first-order valence-electron chi connectivity index (χ1n) is 12.1. The molecule has 35 heavy (non-hydrogen) atoms. The van der Waals surface area contributed by atoms with E-state index >= 15 is 0 Å². The number of ether oxygens (including phenoxy) is 1. The van der Waals surface area contributed by atoms with Crippen LogP contribution in [0, 0.1) is 6.92 Å². The number of aliphatic hydroxyl groups is 1. The van der Waals surface area contributed by atoms with Crippen LogP contribution in [0.25, 0.3) is 11.1 Å². The average Bonchev–Trinajstić information content (AvgIpc) is 3.31. The lowest BCUT2D eigenvalue weighted by Crippen LogP contribution is -2.32. The number of hydrogen-bond donors (Lipinski definition) is 1. The van der Waals surface area contributed by atoms with E-state index in [-0.39, 0.29) is 31.3 Å². The van der Waals surface area contributed by atoms with Crippen LogP contribution in [-0.4, -0.2) is 38.8 Å². The zero-order valence-electron chi connectivity index (χ0n) is 20.1. The van der Waals surface area contributed by atoms with Crippen molar-refractivity contribution in [1.82, 2.24) is 15.0 Å². The third kappa shape index (κ3) is 6.22. The molecule has 1 unspecified atom stereocenters. The van der Waals surface area contributed by atoms with Crippen LogP contribution in [0.3, 0.4) is 0 Å². The standard InChI is InChI=1S/C28H32FN3O3/c1-19(4-3-13-29)14-21-5-7-22(8-6-21)26-11-9-23(15-20(26)2)27-12-10-25(35-28(27)34)17-32-16-24(18-33)30-31-32/h5-9,11,15-16,25,27,33H,1,3-4,10,12-14,17-18H2,2H3/t25-,27?/m1/s1. The molecule has 0 amide bonds. The quantitative estimate of drug-likeness (QED) is 0.325. The number of alkyl halides is 1. The maximum Gasteiger partial charge on any atom is 0.313 e. The Hall–Kier alpha value is -3.32. The van der Waals surface area contributed by atoms with E-state index in [1.165, 1.54) is 5.56 Å². The molecule has 4 rings (SSSR count). The lowest BCUT2D eigenvalue weighted by Gasteiger charge is -2.28. The molecule has 0 saturated carbocycles. The van der Waals surface area contributed by atoms with Gasteiger partial charge in [0.25, 0.3) is 0 Å². The number of carbonyl (C=O) groups is 1. The third-order valence-electron chi connectivity index (χ3n) is 6.52. The van der Waals surface area contributed by atoms with Gasteiger partial charge in [-0.05, 0) is 66.8 Å². The molecule has 0 bridgehead atoms. The monoisotopic (exact) mass is 477 g/mol. The number of nitrogens with zero attached hydrogens (tertiary/aromatic N) is 3. The van der Waals surface area contributed by atoms with Crippen LogP contribution in [0.2, 0.25) is 0 Å². The van der Waals surface area contributed by atoms with Crippen LogP contribution in [0.4, 0.5) is 4.39 Å². The number of aliphatic hydroxyl groups excluding tert-OH is 1. The van der Waals surface area contributed by atoms with Crippen molar-refractivity contribution < 1.29 is 19.0 Å². The number of carbonyl (C=O) groups excluding carboxylic acids is 1. The zero-order valence-corrected chi connectivity index (χ0v) is 20.1. The molecule has 7 heteroatoms. The molecule has 1 aliphatic rings. The van der Waals surface area contributed by atoms with E-state index in [2.05, 4.69) is 60.2 Å². The minimum absolute atomic E-state index is 0.163. The topological polar surface area (TPSA) is 77.2 Å². The molecule has 0 spiro atoms. The number of hydrogen-bond acceptors (Lipinski definition) is 5. The van der Waals surface area contributed by atoms with Crippen LogP contribution in [0.15, 0.2) is 60.8 Å². The highest BCUT2D eigenvalue weighted by Crippen LogP contribution is 2.33. The number of halogens is 1. The summed E-state index contributed by atoms with van der Waals surface area (Å²) in [5.74, 6) is -0.492. The van der Waals surface area contributed by atoms with Gasteiger partial charge in [0, 0.05) is 0 Å². The molecule has 0 radical (unpaired) electrons. The smallest absolute Gasteiger partial charge is 0.313 e. The molecule has 184 valence electrons. The second-order valence-electron chi connectivity index (χ2n) is 9.27. The van der Waals surface area contributed by atoms with Gasteiger partial charge < -0.3 is 9.84 Å². The number of rotatable bonds is 10. The van der Waals surface area contributed by atoms with Gasteiger partial charge >= 0.3 is 5.97 Å². The van der Waals surface area contributed by atoms with E-state index in [9.17, 15) is 9.18 Å². The summed E-state index contributed by atoms with van der Waals surface area (Å²) >= 11 is 0. The highest BCUT2D eigenvalue weighted by atomic mass is 19.1. The van der Waals surface area contributed by atoms with E-state index in [0.29, 0.717) is 31.5 Å². The minimum Gasteiger partial charge on any atom is -0.460 e. The first-order valence-corrected chi connectivity index (χ1v) is 12.1. The van der Waals surface area contributed by atoms with Crippen molar-refractivity contribution in [3.63, 3.8) is 0 Å². The van der Waals surface area contributed by atoms with Crippen molar-refractivity contribution in [2.75, 3.05) is 6.67 Å². The summed E-state index contributed by atoms with van der Waals surface area (Å²) in [7, 11) is 0. The van der Waals surface area contributed by atoms with Gasteiger partial charge in [0.2, 0.25) is 0 Å². The second-order valence-corrected chi connectivity index (χ2v) is 9.27. The summed E-state index contributed by atoms with van der Waals surface area (Å²) in [4.78, 5) is 12.8. The van der Waals surface area contributed by atoms with Gasteiger partial charge in [0.1, 0.15) is 11.8 Å². The lowest BCUT2D eigenvalue weighted by atomic mass is 9.87. The molecule has 6 nitrogen and oxygen atoms in total. The van der Waals surface area contributed by atoms with Crippen molar-refractivity contribution in [3.05, 3.63) is 83.2 Å². The van der Waals surface area contributed by atoms with E-state index < -0.39 is 0 Å². The zero-order chi connectivity index (χ0) is 24.8. The second kappa shape index (κ2) is 11.4. The van der Waals surface area contributed by atoms with E-state index in [1.54, 1.807) is 10.9 Å². The Morgan fingerprint density at radius 2 is 2.03 bits per heavy atom. The maximum absolute atomic E-state index is 12.8. The minimum atomic E-state index is -0.304. The fraction of sp³-hybridized carbons (Fsp3) is 0.393. The normalized spacial score (nSPS) is 17.9. The van der Waals surface area contributed by atoms with E-state index in [1.807, 2.05) is 6.07 Å². The van der Waals surface area contributed by atoms with Gasteiger partial charge in [-0.25, -0.2) is 4.68 Å². The summed E-state index contributed by atoms with van der Waals surface area (Å²) in [6, 6.07) is 14.6. The van der Waals surface area contributed by atoms with Gasteiger partial charge in [0.15, 0.2) is 0 Å². The summed E-state index contributed by atoms with van der Waals surface area (Å²) in [5, 5.41) is 16.9. The van der Waals surface area contributed by atoms with Gasteiger partial charge in [-0.2, -0.15) is 0 Å². The number of cyclic esters (lactones) is 1. The first kappa shape index (κ1) is 24.8. The lowest BCUT2D eigenvalue weighted by molar-refractivity contribution is -0.157. The number of aryl methyl sites for hydroxylation is 1. The Balaban J connectivity index is 1.38. The SMILES string of the molecule is C=C(CCCF)Cc1ccc(-c2ccc(C3CC[C@H](Cn4cc(CO)nn4)OC3=O)cc2C)cc1. The molecular weight excluding hydrogens is 445 g/mol. The van der Waals surface area contributed by atoms with Crippen molar-refractivity contribution in [2.45, 2.75) is 64.2 Å². The van der Waals surface area contributed by atoms with Gasteiger partial charge in [0.05, 0.1) is 31.9 Å². The largest absolute Gasteiger partial charge is 0.460 e. The van der Waals surface area contributed by atoms with Crippen molar-refractivity contribution in [1.29, 1.82) is 0 Å². The summed E-state index contributed by atoms with van der Waals surface area (Å²) in [6.45, 7) is 6.08. The first-order chi connectivity index (χ1) is 17.0. The van der Waals surface area contributed by atoms with Crippen LogP contribution >= 0.6 is 0 Å². The molecule has 2 atom stereocenters. The fourth-order valence-electron chi connectivity index (χ4n) is 4.64. The third-order valence-corrected chi connectivity index (χ3v) is 6.52. The molecule has 2 heterocycles. The van der Waals surface area contributed by atoms with E-state index in [4.69, 9.17) is 9.84 Å². The van der Waals surface area contributed by atoms with Gasteiger partial charge in [-0.3, -0.25) is 9.18 Å². The van der Waals surface area contributed by atoms with Crippen LogP contribution in [0.1, 0.15) is 54.0 Å². The highest BCUT2D eigenvalue weighted by Gasteiger charge is 2.32. The highest BCUT2D eigenvalue weighted by molar-refractivity contribution is 5.80. The Morgan fingerprint density at radius 1 is 1.23 bits per heavy atom. The van der Waals surface area contributed by atoms with Crippen molar-refractivity contribution >= 4 is 5.97 Å². The molecular formula is C28H32FN3O3. The molecule has 2 aromatic carbocycles. The van der Waals surface area contributed by atoms with Crippen LogP contribution < -0.4 is 0 Å². The van der Waals surface area contributed by atoms with Crippen molar-refractivity contribution in [3.8, 4) is 11.1 Å². The number of esters is 1. The van der Waals surface area contributed by atoms with Gasteiger partial charge in [-0.1, -0.05) is 59.8 Å². The molecule has 3 aromatic rings. The molecule has 1 saturated heterocycles. The summed E-state index contributed by atoms with van der Waals surface area (Å²) in [6.07, 6.45) is 4.88. The molecule has 0 aliphatic carbocycles. The van der Waals surface area contributed by atoms with Crippen LogP contribution in [0.5, 0.6) is 0 Å². The molecule has 1 fully saturated rings. The predicted molar refractivity (Wildman–Crippen MR) is 132 cm³/mol. The predicted octanol–water partition coefficient (Wildman–Crippen LogP) is 5.08. The summed E-state index contributed by atoms with van der Waals surface area (Å²) < 4.78 is 19.7. The number of benzene rings is 2. The molecule has 1 aliphatic heterocycles. The van der Waals surface area contributed by atoms with Crippen molar-refractivity contribution in [2.24, 2.45) is 0 Å². The Morgan fingerprint density at radius 3 is 2.69 bits per heavy atom.